The molecule has 5 rings (SSSR count). The van der Waals surface area contributed by atoms with E-state index in [9.17, 15) is 5.11 Å². The normalized spacial score (nSPS) is 24.9. The topological polar surface area (TPSA) is 69.6 Å². The maximum atomic E-state index is 10.4. The van der Waals surface area contributed by atoms with Gasteiger partial charge in [-0.25, -0.2) is 0 Å². The third-order valence-electron chi connectivity index (χ3n) is 6.68. The molecule has 0 amide bonds. The highest BCUT2D eigenvalue weighted by Gasteiger charge is 2.41. The lowest BCUT2D eigenvalue weighted by Gasteiger charge is -2.44. The first-order valence-corrected chi connectivity index (χ1v) is 10.9. The number of piperidine rings is 1. The minimum Gasteiger partial charge on any atom is -0.502 e. The van der Waals surface area contributed by atoms with Crippen LogP contribution in [0.2, 0.25) is 0 Å². The molecule has 0 saturated carbocycles. The quantitative estimate of drug-likeness (QED) is 0.787. The lowest BCUT2D eigenvalue weighted by Crippen LogP contribution is -2.50. The number of nitrogens with zero attached hydrogens (tertiary/aromatic N) is 1. The molecule has 3 atom stereocenters. The molecule has 1 saturated heterocycles. The third-order valence-corrected chi connectivity index (χ3v) is 6.68. The summed E-state index contributed by atoms with van der Waals surface area (Å²) in [5, 5.41) is 10.4. The summed E-state index contributed by atoms with van der Waals surface area (Å²) in [5.74, 6) is 3.22. The molecule has 3 aliphatic rings. The smallest absolute Gasteiger partial charge is 0.231 e. The van der Waals surface area contributed by atoms with E-state index in [-0.39, 0.29) is 30.6 Å². The number of phenolic OH excluding ortho intramolecular Hbond substituents is 1. The summed E-state index contributed by atoms with van der Waals surface area (Å²) in [7, 11) is 3.10. The Kier molecular flexibility index (Phi) is 5.22. The molecule has 3 aliphatic heterocycles. The number of phenols is 1. The van der Waals surface area contributed by atoms with E-state index in [1.807, 2.05) is 24.3 Å². The second kappa shape index (κ2) is 8.04. The monoisotopic (exact) mass is 427 g/mol. The van der Waals surface area contributed by atoms with Crippen LogP contribution >= 0.6 is 0 Å². The van der Waals surface area contributed by atoms with E-state index < -0.39 is 0 Å². The van der Waals surface area contributed by atoms with Crippen LogP contribution < -0.4 is 23.7 Å². The van der Waals surface area contributed by atoms with Crippen molar-refractivity contribution in [2.45, 2.75) is 38.3 Å². The number of hydrogen-bond donors (Lipinski definition) is 1. The van der Waals surface area contributed by atoms with Crippen LogP contribution in [0, 0.1) is 5.92 Å². The van der Waals surface area contributed by atoms with Crippen LogP contribution in [-0.4, -0.2) is 50.3 Å². The molecule has 7 heteroatoms. The standard InChI is InChI=1S/C24H29NO6/c1-14-22(15-9-20(27-2)23(26)21(10-15)28-3)16-11-18-19(30-13-29-18)12-17(16)31-24(14)25-7-5-4-6-8-25/h9-12,14,22,24,26H,4-8,13H2,1-3H3/t14-,22-,24-/m0/s1. The molecular weight excluding hydrogens is 398 g/mol. The highest BCUT2D eigenvalue weighted by molar-refractivity contribution is 5.59. The predicted octanol–water partition coefficient (Wildman–Crippen LogP) is 4.11. The summed E-state index contributed by atoms with van der Waals surface area (Å²) < 4.78 is 28.7. The molecule has 2 aromatic rings. The number of hydrogen-bond acceptors (Lipinski definition) is 7. The van der Waals surface area contributed by atoms with Gasteiger partial charge in [-0.1, -0.05) is 13.3 Å². The van der Waals surface area contributed by atoms with Gasteiger partial charge in [0.25, 0.3) is 0 Å². The van der Waals surface area contributed by atoms with Crippen molar-refractivity contribution >= 4 is 0 Å². The van der Waals surface area contributed by atoms with Gasteiger partial charge in [-0.3, -0.25) is 4.90 Å². The van der Waals surface area contributed by atoms with Crippen molar-refractivity contribution in [2.75, 3.05) is 34.1 Å². The van der Waals surface area contributed by atoms with E-state index in [1.165, 1.54) is 19.3 Å². The summed E-state index contributed by atoms with van der Waals surface area (Å²) in [6, 6.07) is 7.76. The first kappa shape index (κ1) is 20.1. The Bertz CT molecular complexity index is 946. The molecule has 1 fully saturated rings. The Morgan fingerprint density at radius 2 is 1.55 bits per heavy atom. The molecule has 0 radical (unpaired) electrons. The lowest BCUT2D eigenvalue weighted by molar-refractivity contribution is -0.0403. The van der Waals surface area contributed by atoms with Gasteiger partial charge in [0, 0.05) is 36.6 Å². The van der Waals surface area contributed by atoms with Gasteiger partial charge >= 0.3 is 0 Å². The Hall–Kier alpha value is -2.80. The molecule has 31 heavy (non-hydrogen) atoms. The van der Waals surface area contributed by atoms with E-state index in [1.54, 1.807) is 14.2 Å². The van der Waals surface area contributed by atoms with Crippen molar-refractivity contribution in [1.29, 1.82) is 0 Å². The number of aromatic hydroxyl groups is 1. The molecule has 0 unspecified atom stereocenters. The van der Waals surface area contributed by atoms with Crippen LogP contribution in [0.5, 0.6) is 34.5 Å². The lowest BCUT2D eigenvalue weighted by atomic mass is 9.77. The number of fused-ring (bicyclic) bond motifs is 2. The Balaban J connectivity index is 1.64. The van der Waals surface area contributed by atoms with Crippen molar-refractivity contribution in [1.82, 2.24) is 4.90 Å². The molecule has 0 aliphatic carbocycles. The first-order chi connectivity index (χ1) is 15.1. The van der Waals surface area contributed by atoms with Crippen LogP contribution in [0.4, 0.5) is 0 Å². The first-order valence-electron chi connectivity index (χ1n) is 10.9. The molecule has 0 aromatic heterocycles. The SMILES string of the molecule is COc1cc([C@H]2c3cc4c(cc3O[C@H](N3CCCCC3)[C@H]2C)OCO4)cc(OC)c1O. The van der Waals surface area contributed by atoms with Crippen molar-refractivity contribution in [3.63, 3.8) is 0 Å². The average Bonchev–Trinajstić information content (AvgIpc) is 3.25. The van der Waals surface area contributed by atoms with Gasteiger partial charge in [0.2, 0.25) is 12.5 Å². The zero-order valence-electron chi connectivity index (χ0n) is 18.2. The van der Waals surface area contributed by atoms with Crippen molar-refractivity contribution in [2.24, 2.45) is 5.92 Å². The molecule has 2 aromatic carbocycles. The summed E-state index contributed by atoms with van der Waals surface area (Å²) in [6.45, 7) is 4.51. The fourth-order valence-corrected chi connectivity index (χ4v) is 5.13. The highest BCUT2D eigenvalue weighted by atomic mass is 16.7. The number of rotatable bonds is 4. The Labute approximate surface area is 182 Å². The van der Waals surface area contributed by atoms with Gasteiger partial charge in [-0.2, -0.15) is 0 Å². The molecule has 3 heterocycles. The van der Waals surface area contributed by atoms with Crippen molar-refractivity contribution < 1.29 is 28.8 Å². The van der Waals surface area contributed by atoms with Crippen LogP contribution in [0.1, 0.15) is 43.2 Å². The fraction of sp³-hybridized carbons (Fsp3) is 0.500. The number of ether oxygens (including phenoxy) is 5. The van der Waals surface area contributed by atoms with Gasteiger partial charge in [0.1, 0.15) is 5.75 Å². The molecule has 0 spiro atoms. The summed E-state index contributed by atoms with van der Waals surface area (Å²) >= 11 is 0. The van der Waals surface area contributed by atoms with Crippen molar-refractivity contribution in [3.8, 4) is 34.5 Å². The zero-order valence-corrected chi connectivity index (χ0v) is 18.2. The average molecular weight is 427 g/mol. The molecule has 166 valence electrons. The van der Waals surface area contributed by atoms with Crippen LogP contribution in [0.25, 0.3) is 0 Å². The number of benzene rings is 2. The number of methoxy groups -OCH3 is 2. The fourth-order valence-electron chi connectivity index (χ4n) is 5.13. The van der Waals surface area contributed by atoms with Crippen LogP contribution in [0.15, 0.2) is 24.3 Å². The third kappa shape index (κ3) is 3.41. The minimum atomic E-state index is -0.0519. The van der Waals surface area contributed by atoms with E-state index >= 15 is 0 Å². The minimum absolute atomic E-state index is 0.00644. The van der Waals surface area contributed by atoms with E-state index in [0.29, 0.717) is 17.2 Å². The Morgan fingerprint density at radius 3 is 2.19 bits per heavy atom. The number of likely N-dealkylation sites (tertiary alicyclic amines) is 1. The largest absolute Gasteiger partial charge is 0.502 e. The predicted molar refractivity (Wildman–Crippen MR) is 115 cm³/mol. The molecular formula is C24H29NO6. The summed E-state index contributed by atoms with van der Waals surface area (Å²) in [6.07, 6.45) is 3.59. The maximum Gasteiger partial charge on any atom is 0.231 e. The van der Waals surface area contributed by atoms with E-state index in [4.69, 9.17) is 23.7 Å². The zero-order chi connectivity index (χ0) is 21.5. The summed E-state index contributed by atoms with van der Waals surface area (Å²) in [5.41, 5.74) is 2.05. The van der Waals surface area contributed by atoms with Gasteiger partial charge in [0.05, 0.1) is 14.2 Å². The van der Waals surface area contributed by atoms with Gasteiger partial charge in [0.15, 0.2) is 29.2 Å². The van der Waals surface area contributed by atoms with Gasteiger partial charge in [-0.05, 0) is 36.6 Å². The van der Waals surface area contributed by atoms with Gasteiger partial charge in [-0.15, -0.1) is 0 Å². The van der Waals surface area contributed by atoms with Crippen LogP contribution in [-0.2, 0) is 0 Å². The van der Waals surface area contributed by atoms with E-state index in [0.717, 1.165) is 35.7 Å². The van der Waals surface area contributed by atoms with E-state index in [2.05, 4.69) is 11.8 Å². The Morgan fingerprint density at radius 1 is 0.903 bits per heavy atom. The second-order valence-electron chi connectivity index (χ2n) is 8.46. The molecule has 1 N–H and O–H groups in total. The van der Waals surface area contributed by atoms with Crippen LogP contribution in [0.3, 0.4) is 0 Å². The highest BCUT2D eigenvalue weighted by Crippen LogP contribution is 2.51. The van der Waals surface area contributed by atoms with Gasteiger partial charge < -0.3 is 28.8 Å². The molecule has 7 nitrogen and oxygen atoms in total. The summed E-state index contributed by atoms with van der Waals surface area (Å²) in [4.78, 5) is 2.45. The maximum absolute atomic E-state index is 10.4. The van der Waals surface area contributed by atoms with Crippen molar-refractivity contribution in [3.05, 3.63) is 35.4 Å². The second-order valence-corrected chi connectivity index (χ2v) is 8.46. The molecule has 0 bridgehead atoms.